The van der Waals surface area contributed by atoms with Gasteiger partial charge in [0.2, 0.25) is 4.77 Å². The van der Waals surface area contributed by atoms with Gasteiger partial charge in [-0.15, -0.1) is 0 Å². The van der Waals surface area contributed by atoms with Crippen molar-refractivity contribution in [2.24, 2.45) is 5.10 Å². The second kappa shape index (κ2) is 7.40. The Kier molecular flexibility index (Phi) is 4.79. The molecule has 0 fully saturated rings. The highest BCUT2D eigenvalue weighted by molar-refractivity contribution is 7.71. The van der Waals surface area contributed by atoms with Crippen LogP contribution in [0.5, 0.6) is 5.75 Å². The van der Waals surface area contributed by atoms with Crippen molar-refractivity contribution in [3.63, 3.8) is 0 Å². The largest absolute Gasteiger partial charge is 0.507 e. The maximum Gasteiger partial charge on any atom is 0.216 e. The standard InChI is InChI=1S/C22H20N4OS/c1-14-10-16(11-15(2)21(14)27)13-23-26-20(24-25-22(26)28)12-18-8-5-7-17-6-3-4-9-19(17)18/h3-11,13,27H,12H2,1-2H3,(H,25,28)/b23-13+. The van der Waals surface area contributed by atoms with Gasteiger partial charge in [0.15, 0.2) is 5.82 Å². The summed E-state index contributed by atoms with van der Waals surface area (Å²) in [6, 6.07) is 18.3. The van der Waals surface area contributed by atoms with Crippen LogP contribution < -0.4 is 0 Å². The Bertz CT molecular complexity index is 1220. The van der Waals surface area contributed by atoms with E-state index in [0.717, 1.165) is 22.5 Å². The molecule has 1 aromatic heterocycles. The monoisotopic (exact) mass is 388 g/mol. The smallest absolute Gasteiger partial charge is 0.216 e. The Morgan fingerprint density at radius 1 is 1.11 bits per heavy atom. The average Bonchev–Trinajstić information content (AvgIpc) is 3.04. The van der Waals surface area contributed by atoms with Crippen molar-refractivity contribution in [2.75, 3.05) is 0 Å². The first-order chi connectivity index (χ1) is 13.5. The molecule has 0 atom stereocenters. The number of hydrogen-bond acceptors (Lipinski definition) is 4. The zero-order valence-electron chi connectivity index (χ0n) is 15.7. The summed E-state index contributed by atoms with van der Waals surface area (Å²) in [4.78, 5) is 0. The Balaban J connectivity index is 1.69. The van der Waals surface area contributed by atoms with E-state index in [0.29, 0.717) is 16.9 Å². The molecular weight excluding hydrogens is 368 g/mol. The molecule has 0 bridgehead atoms. The van der Waals surface area contributed by atoms with Crippen LogP contribution in [-0.4, -0.2) is 26.2 Å². The molecule has 6 heteroatoms. The quantitative estimate of drug-likeness (QED) is 0.386. The lowest BCUT2D eigenvalue weighted by Gasteiger charge is -2.07. The predicted molar refractivity (Wildman–Crippen MR) is 115 cm³/mol. The summed E-state index contributed by atoms with van der Waals surface area (Å²) in [7, 11) is 0. The normalized spacial score (nSPS) is 11.5. The molecule has 0 spiro atoms. The van der Waals surface area contributed by atoms with Crippen molar-refractivity contribution in [3.05, 3.63) is 87.4 Å². The minimum Gasteiger partial charge on any atom is -0.507 e. The molecule has 4 rings (SSSR count). The Morgan fingerprint density at radius 3 is 2.61 bits per heavy atom. The molecule has 0 aliphatic heterocycles. The molecule has 2 N–H and O–H groups in total. The predicted octanol–water partition coefficient (Wildman–Crippen LogP) is 4.89. The van der Waals surface area contributed by atoms with Gasteiger partial charge in [0.25, 0.3) is 0 Å². The van der Waals surface area contributed by atoms with Gasteiger partial charge in [0.1, 0.15) is 5.75 Å². The number of rotatable bonds is 4. The van der Waals surface area contributed by atoms with Crippen LogP contribution in [0.2, 0.25) is 0 Å². The van der Waals surface area contributed by atoms with Crippen molar-refractivity contribution in [3.8, 4) is 5.75 Å². The zero-order valence-corrected chi connectivity index (χ0v) is 16.5. The van der Waals surface area contributed by atoms with E-state index in [1.54, 1.807) is 10.9 Å². The summed E-state index contributed by atoms with van der Waals surface area (Å²) in [6.45, 7) is 3.74. The molecule has 0 amide bonds. The number of fused-ring (bicyclic) bond motifs is 1. The number of hydrogen-bond donors (Lipinski definition) is 2. The number of nitrogens with one attached hydrogen (secondary N) is 1. The van der Waals surface area contributed by atoms with Crippen LogP contribution in [0.4, 0.5) is 0 Å². The Hall–Kier alpha value is -3.25. The maximum atomic E-state index is 9.94. The van der Waals surface area contributed by atoms with Crippen LogP contribution in [0.25, 0.3) is 10.8 Å². The van der Waals surface area contributed by atoms with Crippen molar-refractivity contribution in [2.45, 2.75) is 20.3 Å². The fraction of sp³-hybridized carbons (Fsp3) is 0.136. The first kappa shape index (κ1) is 18.1. The number of aromatic hydroxyl groups is 1. The number of phenolic OH excluding ortho intramolecular Hbond substituents is 1. The van der Waals surface area contributed by atoms with E-state index in [4.69, 9.17) is 12.2 Å². The van der Waals surface area contributed by atoms with Crippen LogP contribution in [0.15, 0.2) is 59.7 Å². The van der Waals surface area contributed by atoms with Gasteiger partial charge < -0.3 is 5.11 Å². The number of aromatic nitrogens is 3. The molecule has 0 saturated heterocycles. The first-order valence-electron chi connectivity index (χ1n) is 9.00. The first-order valence-corrected chi connectivity index (χ1v) is 9.41. The third-order valence-electron chi connectivity index (χ3n) is 4.78. The van der Waals surface area contributed by atoms with E-state index < -0.39 is 0 Å². The molecule has 0 aliphatic carbocycles. The molecule has 0 radical (unpaired) electrons. The SMILES string of the molecule is Cc1cc(/C=N/n2c(Cc3cccc4ccccc34)n[nH]c2=S)cc(C)c1O. The lowest BCUT2D eigenvalue weighted by Crippen LogP contribution is -2.01. The third kappa shape index (κ3) is 3.46. The minimum absolute atomic E-state index is 0.314. The van der Waals surface area contributed by atoms with Gasteiger partial charge in [-0.2, -0.15) is 14.9 Å². The van der Waals surface area contributed by atoms with Crippen LogP contribution in [0, 0.1) is 18.6 Å². The minimum atomic E-state index is 0.314. The summed E-state index contributed by atoms with van der Waals surface area (Å²) in [5.74, 6) is 1.05. The molecule has 5 nitrogen and oxygen atoms in total. The van der Waals surface area contributed by atoms with Crippen LogP contribution in [0.1, 0.15) is 28.1 Å². The van der Waals surface area contributed by atoms with Crippen LogP contribution in [-0.2, 0) is 6.42 Å². The Morgan fingerprint density at radius 2 is 1.82 bits per heavy atom. The maximum absolute atomic E-state index is 9.94. The van der Waals surface area contributed by atoms with E-state index in [2.05, 4.69) is 45.6 Å². The van der Waals surface area contributed by atoms with Gasteiger partial charge in [-0.25, -0.2) is 0 Å². The van der Waals surface area contributed by atoms with Crippen molar-refractivity contribution in [1.82, 2.24) is 14.9 Å². The van der Waals surface area contributed by atoms with E-state index >= 15 is 0 Å². The van der Waals surface area contributed by atoms with E-state index in [-0.39, 0.29) is 0 Å². The van der Waals surface area contributed by atoms with E-state index in [1.807, 2.05) is 38.1 Å². The number of nitrogens with zero attached hydrogens (tertiary/aromatic N) is 3. The summed E-state index contributed by atoms with van der Waals surface area (Å²) >= 11 is 5.36. The molecular formula is C22H20N4OS. The highest BCUT2D eigenvalue weighted by Crippen LogP contribution is 2.23. The van der Waals surface area contributed by atoms with Gasteiger partial charge in [-0.05, 0) is 71.2 Å². The molecule has 3 aromatic carbocycles. The summed E-state index contributed by atoms with van der Waals surface area (Å²) in [5.41, 5.74) is 3.69. The van der Waals surface area contributed by atoms with Gasteiger partial charge in [-0.3, -0.25) is 5.10 Å². The van der Waals surface area contributed by atoms with Gasteiger partial charge in [-0.1, -0.05) is 42.5 Å². The average molecular weight is 388 g/mol. The second-order valence-electron chi connectivity index (χ2n) is 6.82. The molecule has 28 heavy (non-hydrogen) atoms. The van der Waals surface area contributed by atoms with Crippen molar-refractivity contribution >= 4 is 29.2 Å². The number of aryl methyl sites for hydroxylation is 2. The molecule has 0 aliphatic rings. The summed E-state index contributed by atoms with van der Waals surface area (Å²) in [6.07, 6.45) is 2.34. The summed E-state index contributed by atoms with van der Waals surface area (Å²) < 4.78 is 2.09. The van der Waals surface area contributed by atoms with E-state index in [1.165, 1.54) is 16.3 Å². The fourth-order valence-corrected chi connectivity index (χ4v) is 3.56. The van der Waals surface area contributed by atoms with Crippen molar-refractivity contribution in [1.29, 1.82) is 0 Å². The molecule has 0 unspecified atom stereocenters. The van der Waals surface area contributed by atoms with E-state index in [9.17, 15) is 5.11 Å². The number of phenols is 1. The van der Waals surface area contributed by atoms with Gasteiger partial charge in [0, 0.05) is 6.42 Å². The van der Waals surface area contributed by atoms with Crippen molar-refractivity contribution < 1.29 is 5.11 Å². The van der Waals surface area contributed by atoms with Crippen LogP contribution >= 0.6 is 12.2 Å². The number of aromatic amines is 1. The van der Waals surface area contributed by atoms with Gasteiger partial charge in [0.05, 0.1) is 6.21 Å². The highest BCUT2D eigenvalue weighted by atomic mass is 32.1. The lowest BCUT2D eigenvalue weighted by molar-refractivity contribution is 0.467. The summed E-state index contributed by atoms with van der Waals surface area (Å²) in [5, 5.41) is 24.1. The highest BCUT2D eigenvalue weighted by Gasteiger charge is 2.09. The fourth-order valence-electron chi connectivity index (χ4n) is 3.36. The number of H-pyrrole nitrogens is 1. The Labute approximate surface area is 168 Å². The van der Waals surface area contributed by atoms with Crippen LogP contribution in [0.3, 0.4) is 0 Å². The van der Waals surface area contributed by atoms with Gasteiger partial charge >= 0.3 is 0 Å². The zero-order chi connectivity index (χ0) is 19.7. The topological polar surface area (TPSA) is 66.2 Å². The second-order valence-corrected chi connectivity index (χ2v) is 7.21. The third-order valence-corrected chi connectivity index (χ3v) is 5.05. The molecule has 1 heterocycles. The molecule has 140 valence electrons. The molecule has 0 saturated carbocycles. The number of benzene rings is 3. The lowest BCUT2D eigenvalue weighted by atomic mass is 10.0. The molecule has 4 aromatic rings.